The highest BCUT2D eigenvalue weighted by molar-refractivity contribution is 5.59. The Bertz CT molecular complexity index is 105. The van der Waals surface area contributed by atoms with Crippen molar-refractivity contribution in [3.05, 3.63) is 0 Å². The molecule has 10 heavy (non-hydrogen) atoms. The molecule has 0 N–H and O–H groups in total. The van der Waals surface area contributed by atoms with Crippen LogP contribution in [0, 0.1) is 0 Å². The standard InChI is InChI=1S/C5H8F2O3/c1-2-9-5(8)10-3-4(6)7/h4H,2-3H2,1H3. The van der Waals surface area contributed by atoms with Crippen molar-refractivity contribution in [2.45, 2.75) is 13.3 Å². The zero-order chi connectivity index (χ0) is 7.98. The summed E-state index contributed by atoms with van der Waals surface area (Å²) in [6, 6.07) is 0. The van der Waals surface area contributed by atoms with E-state index in [4.69, 9.17) is 0 Å². The smallest absolute Gasteiger partial charge is 0.435 e. The number of alkyl halides is 2. The van der Waals surface area contributed by atoms with Crippen LogP contribution in [0.5, 0.6) is 0 Å². The molecule has 0 aromatic heterocycles. The molecule has 60 valence electrons. The largest absolute Gasteiger partial charge is 0.508 e. The molecule has 0 heterocycles. The van der Waals surface area contributed by atoms with Crippen LogP contribution in [0.2, 0.25) is 0 Å². The predicted octanol–water partition coefficient (Wildman–Crippen LogP) is 1.42. The molecule has 0 aromatic rings. The minimum absolute atomic E-state index is 0.127. The lowest BCUT2D eigenvalue weighted by Crippen LogP contribution is -2.12. The molecule has 0 aliphatic rings. The van der Waals surface area contributed by atoms with Gasteiger partial charge < -0.3 is 9.47 Å². The van der Waals surface area contributed by atoms with Gasteiger partial charge in [-0.25, -0.2) is 13.6 Å². The molecule has 0 atom stereocenters. The molecule has 0 saturated heterocycles. The van der Waals surface area contributed by atoms with Gasteiger partial charge in [0.15, 0.2) is 6.61 Å². The number of rotatable bonds is 3. The Labute approximate surface area is 56.9 Å². The number of halogens is 2. The lowest BCUT2D eigenvalue weighted by atomic mass is 10.8. The number of hydrogen-bond donors (Lipinski definition) is 0. The maximum absolute atomic E-state index is 11.3. The van der Waals surface area contributed by atoms with E-state index < -0.39 is 19.2 Å². The third kappa shape index (κ3) is 5.27. The van der Waals surface area contributed by atoms with Crippen molar-refractivity contribution in [1.82, 2.24) is 0 Å². The monoisotopic (exact) mass is 154 g/mol. The Morgan fingerprint density at radius 2 is 2.10 bits per heavy atom. The van der Waals surface area contributed by atoms with Crippen LogP contribution in [0.4, 0.5) is 13.6 Å². The van der Waals surface area contributed by atoms with E-state index in [9.17, 15) is 13.6 Å². The second-order valence-electron chi connectivity index (χ2n) is 1.39. The quantitative estimate of drug-likeness (QED) is 0.577. The minimum Gasteiger partial charge on any atom is -0.435 e. The van der Waals surface area contributed by atoms with Crippen LogP contribution in [0.15, 0.2) is 0 Å². The van der Waals surface area contributed by atoms with Gasteiger partial charge >= 0.3 is 6.16 Å². The van der Waals surface area contributed by atoms with Crippen LogP contribution >= 0.6 is 0 Å². The van der Waals surface area contributed by atoms with Gasteiger partial charge in [0.25, 0.3) is 6.43 Å². The van der Waals surface area contributed by atoms with Crippen LogP contribution in [0.25, 0.3) is 0 Å². The van der Waals surface area contributed by atoms with Crippen LogP contribution in [0.3, 0.4) is 0 Å². The van der Waals surface area contributed by atoms with Gasteiger partial charge in [-0.3, -0.25) is 0 Å². The maximum atomic E-state index is 11.3. The first kappa shape index (κ1) is 9.13. The van der Waals surface area contributed by atoms with E-state index in [0.29, 0.717) is 0 Å². The molecular weight excluding hydrogens is 146 g/mol. The van der Waals surface area contributed by atoms with E-state index in [1.165, 1.54) is 0 Å². The Morgan fingerprint density at radius 1 is 1.50 bits per heavy atom. The lowest BCUT2D eigenvalue weighted by Gasteiger charge is -2.01. The molecule has 0 bridgehead atoms. The van der Waals surface area contributed by atoms with Gasteiger partial charge in [0.05, 0.1) is 6.61 Å². The third-order valence-electron chi connectivity index (χ3n) is 0.589. The first-order valence-corrected chi connectivity index (χ1v) is 2.74. The van der Waals surface area contributed by atoms with Crippen molar-refractivity contribution in [3.8, 4) is 0 Å². The Kier molecular flexibility index (Phi) is 4.53. The summed E-state index contributed by atoms with van der Waals surface area (Å²) in [5, 5.41) is 0. The molecule has 3 nitrogen and oxygen atoms in total. The molecule has 0 radical (unpaired) electrons. The number of hydrogen-bond acceptors (Lipinski definition) is 3. The fourth-order valence-corrected chi connectivity index (χ4v) is 0.291. The molecular formula is C5H8F2O3. The fraction of sp³-hybridized carbons (Fsp3) is 0.800. The zero-order valence-corrected chi connectivity index (χ0v) is 5.47. The summed E-state index contributed by atoms with van der Waals surface area (Å²) < 4.78 is 30.7. The maximum Gasteiger partial charge on any atom is 0.508 e. The first-order chi connectivity index (χ1) is 4.66. The van der Waals surface area contributed by atoms with Crippen LogP contribution < -0.4 is 0 Å². The zero-order valence-electron chi connectivity index (χ0n) is 5.47. The molecule has 0 unspecified atom stereocenters. The number of carbonyl (C=O) groups is 1. The van der Waals surface area contributed by atoms with E-state index >= 15 is 0 Å². The second kappa shape index (κ2) is 4.96. The highest BCUT2D eigenvalue weighted by Gasteiger charge is 2.07. The van der Waals surface area contributed by atoms with Crippen molar-refractivity contribution in [2.24, 2.45) is 0 Å². The average Bonchev–Trinajstić information content (AvgIpc) is 1.85. The lowest BCUT2D eigenvalue weighted by molar-refractivity contribution is 0.00918. The summed E-state index contributed by atoms with van der Waals surface area (Å²) in [5.74, 6) is 0. The van der Waals surface area contributed by atoms with E-state index in [0.717, 1.165) is 0 Å². The topological polar surface area (TPSA) is 35.5 Å². The summed E-state index contributed by atoms with van der Waals surface area (Å²) in [6.07, 6.45) is -3.69. The van der Waals surface area contributed by atoms with Crippen molar-refractivity contribution < 1.29 is 23.0 Å². The first-order valence-electron chi connectivity index (χ1n) is 2.74. The van der Waals surface area contributed by atoms with Gasteiger partial charge in [0, 0.05) is 0 Å². The summed E-state index contributed by atoms with van der Waals surface area (Å²) in [6.45, 7) is 0.782. The van der Waals surface area contributed by atoms with Crippen molar-refractivity contribution >= 4 is 6.16 Å². The molecule has 0 amide bonds. The fourth-order valence-electron chi connectivity index (χ4n) is 0.291. The van der Waals surface area contributed by atoms with Gasteiger partial charge in [-0.1, -0.05) is 0 Å². The summed E-state index contributed by atoms with van der Waals surface area (Å²) in [7, 11) is 0. The molecule has 5 heteroatoms. The molecule has 0 saturated carbocycles. The second-order valence-corrected chi connectivity index (χ2v) is 1.39. The van der Waals surface area contributed by atoms with E-state index in [2.05, 4.69) is 9.47 Å². The summed E-state index contributed by atoms with van der Waals surface area (Å²) in [5.41, 5.74) is 0. The molecule has 0 fully saturated rings. The van der Waals surface area contributed by atoms with Crippen LogP contribution in [0.1, 0.15) is 6.92 Å². The van der Waals surface area contributed by atoms with Gasteiger partial charge in [-0.2, -0.15) is 0 Å². The highest BCUT2D eigenvalue weighted by Crippen LogP contribution is 1.94. The molecule has 0 aliphatic carbocycles. The summed E-state index contributed by atoms with van der Waals surface area (Å²) in [4.78, 5) is 10.2. The van der Waals surface area contributed by atoms with Gasteiger partial charge in [-0.15, -0.1) is 0 Å². The Balaban J connectivity index is 3.22. The van der Waals surface area contributed by atoms with E-state index in [1.54, 1.807) is 6.92 Å². The van der Waals surface area contributed by atoms with E-state index in [1.807, 2.05) is 0 Å². The SMILES string of the molecule is CCOC(=O)OCC(F)F. The van der Waals surface area contributed by atoms with Crippen LogP contribution in [-0.2, 0) is 9.47 Å². The molecule has 0 spiro atoms. The van der Waals surface area contributed by atoms with Crippen molar-refractivity contribution in [2.75, 3.05) is 13.2 Å². The minimum atomic E-state index is -2.63. The van der Waals surface area contributed by atoms with E-state index in [-0.39, 0.29) is 6.61 Å². The molecule has 0 aromatic carbocycles. The summed E-state index contributed by atoms with van der Waals surface area (Å²) >= 11 is 0. The number of ether oxygens (including phenoxy) is 2. The highest BCUT2D eigenvalue weighted by atomic mass is 19.3. The molecule has 0 rings (SSSR count). The van der Waals surface area contributed by atoms with Crippen LogP contribution in [-0.4, -0.2) is 25.8 Å². The van der Waals surface area contributed by atoms with Crippen molar-refractivity contribution in [3.63, 3.8) is 0 Å². The van der Waals surface area contributed by atoms with Gasteiger partial charge in [0.2, 0.25) is 0 Å². The molecule has 0 aliphatic heterocycles. The Morgan fingerprint density at radius 3 is 2.50 bits per heavy atom. The Hall–Kier alpha value is -0.870. The van der Waals surface area contributed by atoms with Crippen molar-refractivity contribution in [1.29, 1.82) is 0 Å². The average molecular weight is 154 g/mol. The third-order valence-corrected chi connectivity index (χ3v) is 0.589. The van der Waals surface area contributed by atoms with Gasteiger partial charge in [0.1, 0.15) is 0 Å². The normalized spacial score (nSPS) is 9.60. The number of carbonyl (C=O) groups excluding carboxylic acids is 1. The predicted molar refractivity (Wildman–Crippen MR) is 29.0 cm³/mol. The van der Waals surface area contributed by atoms with Gasteiger partial charge in [-0.05, 0) is 6.92 Å².